The number of carbonyl (C=O) groups is 1. The molecular formula is C21H26N2O3S. The Morgan fingerprint density at radius 3 is 2.52 bits per heavy atom. The molecule has 144 valence electrons. The van der Waals surface area contributed by atoms with Gasteiger partial charge in [-0.15, -0.1) is 0 Å². The van der Waals surface area contributed by atoms with Crippen LogP contribution in [-0.2, 0) is 21.2 Å². The SMILES string of the molecule is CCc1ccccc1NC(=O)[C@H]1CCCCN1S(=O)(=O)c1ccc(C)cc1. The van der Waals surface area contributed by atoms with Crippen molar-refractivity contribution in [1.82, 2.24) is 4.31 Å². The lowest BCUT2D eigenvalue weighted by molar-refractivity contribution is -0.120. The summed E-state index contributed by atoms with van der Waals surface area (Å²) in [5.74, 6) is -0.258. The van der Waals surface area contributed by atoms with Crippen LogP contribution in [0.1, 0.15) is 37.3 Å². The minimum absolute atomic E-state index is 0.238. The number of hydrogen-bond donors (Lipinski definition) is 1. The van der Waals surface area contributed by atoms with Crippen LogP contribution in [-0.4, -0.2) is 31.2 Å². The number of benzene rings is 2. The van der Waals surface area contributed by atoms with Gasteiger partial charge in [0.15, 0.2) is 0 Å². The maximum atomic E-state index is 13.1. The highest BCUT2D eigenvalue weighted by atomic mass is 32.2. The van der Waals surface area contributed by atoms with E-state index in [1.807, 2.05) is 38.1 Å². The summed E-state index contributed by atoms with van der Waals surface area (Å²) in [6.45, 7) is 4.31. The van der Waals surface area contributed by atoms with Gasteiger partial charge < -0.3 is 5.32 Å². The zero-order chi connectivity index (χ0) is 19.4. The van der Waals surface area contributed by atoms with Crippen molar-refractivity contribution in [2.45, 2.75) is 50.5 Å². The maximum absolute atomic E-state index is 13.1. The van der Waals surface area contributed by atoms with Crippen LogP contribution in [0.2, 0.25) is 0 Å². The quantitative estimate of drug-likeness (QED) is 0.851. The second kappa shape index (κ2) is 8.23. The number of sulfonamides is 1. The van der Waals surface area contributed by atoms with Gasteiger partial charge in [0.2, 0.25) is 15.9 Å². The van der Waals surface area contributed by atoms with Crippen molar-refractivity contribution in [2.24, 2.45) is 0 Å². The predicted octanol–water partition coefficient (Wildman–Crippen LogP) is 3.74. The lowest BCUT2D eigenvalue weighted by Gasteiger charge is -2.33. The molecule has 0 bridgehead atoms. The van der Waals surface area contributed by atoms with Crippen LogP contribution < -0.4 is 5.32 Å². The number of amides is 1. The van der Waals surface area contributed by atoms with Gasteiger partial charge in [-0.3, -0.25) is 4.79 Å². The molecule has 1 fully saturated rings. The smallest absolute Gasteiger partial charge is 0.243 e. The highest BCUT2D eigenvalue weighted by molar-refractivity contribution is 7.89. The number of nitrogens with zero attached hydrogens (tertiary/aromatic N) is 1. The number of rotatable bonds is 5. The molecule has 2 aromatic carbocycles. The molecule has 1 aliphatic heterocycles. The molecule has 0 radical (unpaired) electrons. The van der Waals surface area contributed by atoms with Gasteiger partial charge >= 0.3 is 0 Å². The van der Waals surface area contributed by atoms with E-state index in [9.17, 15) is 13.2 Å². The monoisotopic (exact) mass is 386 g/mol. The normalized spacial score (nSPS) is 18.2. The number of para-hydroxylation sites is 1. The minimum atomic E-state index is -3.71. The van der Waals surface area contributed by atoms with Crippen LogP contribution in [0.5, 0.6) is 0 Å². The summed E-state index contributed by atoms with van der Waals surface area (Å²) in [4.78, 5) is 13.2. The molecule has 0 saturated carbocycles. The topological polar surface area (TPSA) is 66.5 Å². The van der Waals surface area contributed by atoms with Crippen molar-refractivity contribution in [1.29, 1.82) is 0 Å². The van der Waals surface area contributed by atoms with E-state index >= 15 is 0 Å². The van der Waals surface area contributed by atoms with Crippen LogP contribution in [0, 0.1) is 6.92 Å². The number of nitrogens with one attached hydrogen (secondary N) is 1. The molecule has 2 aromatic rings. The Bertz CT molecular complexity index is 907. The van der Waals surface area contributed by atoms with Gasteiger partial charge in [-0.25, -0.2) is 8.42 Å². The molecule has 1 N–H and O–H groups in total. The van der Waals surface area contributed by atoms with Crippen molar-refractivity contribution >= 4 is 21.6 Å². The van der Waals surface area contributed by atoms with E-state index in [2.05, 4.69) is 5.32 Å². The molecule has 5 nitrogen and oxygen atoms in total. The van der Waals surface area contributed by atoms with Crippen molar-refractivity contribution in [2.75, 3.05) is 11.9 Å². The van der Waals surface area contributed by atoms with Crippen molar-refractivity contribution < 1.29 is 13.2 Å². The summed E-state index contributed by atoms with van der Waals surface area (Å²) >= 11 is 0. The van der Waals surface area contributed by atoms with Gasteiger partial charge in [0, 0.05) is 12.2 Å². The zero-order valence-electron chi connectivity index (χ0n) is 15.8. The molecule has 0 spiro atoms. The van der Waals surface area contributed by atoms with E-state index in [0.29, 0.717) is 13.0 Å². The minimum Gasteiger partial charge on any atom is -0.324 e. The summed E-state index contributed by atoms with van der Waals surface area (Å²) in [5.41, 5.74) is 2.79. The van der Waals surface area contributed by atoms with Crippen LogP contribution >= 0.6 is 0 Å². The van der Waals surface area contributed by atoms with Crippen molar-refractivity contribution in [3.05, 3.63) is 59.7 Å². The summed E-state index contributed by atoms with van der Waals surface area (Å²) in [5, 5.41) is 2.95. The number of hydrogen-bond acceptors (Lipinski definition) is 3. The first-order valence-electron chi connectivity index (χ1n) is 9.40. The second-order valence-corrected chi connectivity index (χ2v) is 8.83. The lowest BCUT2D eigenvalue weighted by atomic mass is 10.0. The van der Waals surface area contributed by atoms with Gasteiger partial charge in [0.05, 0.1) is 4.90 Å². The fraction of sp³-hybridized carbons (Fsp3) is 0.381. The van der Waals surface area contributed by atoms with Gasteiger partial charge in [0.25, 0.3) is 0 Å². The summed E-state index contributed by atoms with van der Waals surface area (Å²) in [6.07, 6.45) is 2.94. The van der Waals surface area contributed by atoms with E-state index in [1.54, 1.807) is 24.3 Å². The third kappa shape index (κ3) is 4.22. The Hall–Kier alpha value is -2.18. The predicted molar refractivity (Wildman–Crippen MR) is 107 cm³/mol. The largest absolute Gasteiger partial charge is 0.324 e. The first kappa shape index (κ1) is 19.6. The lowest BCUT2D eigenvalue weighted by Crippen LogP contribution is -2.49. The van der Waals surface area contributed by atoms with Gasteiger partial charge in [-0.1, -0.05) is 49.2 Å². The highest BCUT2D eigenvalue weighted by Crippen LogP contribution is 2.27. The molecule has 1 saturated heterocycles. The number of anilines is 1. The maximum Gasteiger partial charge on any atom is 0.243 e. The molecule has 3 rings (SSSR count). The highest BCUT2D eigenvalue weighted by Gasteiger charge is 2.37. The molecule has 0 unspecified atom stereocenters. The van der Waals surface area contributed by atoms with Crippen LogP contribution in [0.15, 0.2) is 53.4 Å². The third-order valence-corrected chi connectivity index (χ3v) is 6.96. The average molecular weight is 387 g/mol. The average Bonchev–Trinajstić information content (AvgIpc) is 2.68. The summed E-state index contributed by atoms with van der Waals surface area (Å²) < 4.78 is 27.6. The molecule has 6 heteroatoms. The van der Waals surface area contributed by atoms with E-state index in [4.69, 9.17) is 0 Å². The van der Waals surface area contributed by atoms with Crippen molar-refractivity contribution in [3.63, 3.8) is 0 Å². The Balaban J connectivity index is 1.86. The Labute approximate surface area is 161 Å². The second-order valence-electron chi connectivity index (χ2n) is 6.94. The first-order valence-corrected chi connectivity index (χ1v) is 10.8. The molecule has 1 heterocycles. The Kier molecular flexibility index (Phi) is 5.97. The molecule has 0 aromatic heterocycles. The van der Waals surface area contributed by atoms with Crippen LogP contribution in [0.3, 0.4) is 0 Å². The van der Waals surface area contributed by atoms with Gasteiger partial charge in [-0.05, 0) is 49.9 Å². The molecule has 1 amide bonds. The van der Waals surface area contributed by atoms with Gasteiger partial charge in [-0.2, -0.15) is 4.31 Å². The zero-order valence-corrected chi connectivity index (χ0v) is 16.6. The molecular weight excluding hydrogens is 360 g/mol. The van der Waals surface area contributed by atoms with Crippen molar-refractivity contribution in [3.8, 4) is 0 Å². The Morgan fingerprint density at radius 2 is 1.81 bits per heavy atom. The van der Waals surface area contributed by atoms with Crippen LogP contribution in [0.25, 0.3) is 0 Å². The number of piperidine rings is 1. The molecule has 0 aliphatic carbocycles. The van der Waals surface area contributed by atoms with E-state index < -0.39 is 16.1 Å². The van der Waals surface area contributed by atoms with E-state index in [-0.39, 0.29) is 10.8 Å². The molecule has 27 heavy (non-hydrogen) atoms. The third-order valence-electron chi connectivity index (χ3n) is 5.04. The van der Waals surface area contributed by atoms with E-state index in [0.717, 1.165) is 36.1 Å². The number of carbonyl (C=O) groups excluding carboxylic acids is 1. The summed E-state index contributed by atoms with van der Waals surface area (Å²) in [6, 6.07) is 13.7. The first-order chi connectivity index (χ1) is 12.9. The molecule has 1 aliphatic rings. The van der Waals surface area contributed by atoms with E-state index in [1.165, 1.54) is 4.31 Å². The molecule has 1 atom stereocenters. The van der Waals surface area contributed by atoms with Gasteiger partial charge in [0.1, 0.15) is 6.04 Å². The fourth-order valence-corrected chi connectivity index (χ4v) is 5.12. The number of aryl methyl sites for hydroxylation is 2. The van der Waals surface area contributed by atoms with Crippen LogP contribution in [0.4, 0.5) is 5.69 Å². The fourth-order valence-electron chi connectivity index (χ4n) is 3.47. The standard InChI is InChI=1S/C21H26N2O3S/c1-3-17-8-4-5-9-19(17)22-21(24)20-10-6-7-15-23(20)27(25,26)18-13-11-16(2)12-14-18/h4-5,8-9,11-14,20H,3,6-7,10,15H2,1-2H3,(H,22,24)/t20-/m1/s1. The summed E-state index contributed by atoms with van der Waals surface area (Å²) in [7, 11) is -3.71. The Morgan fingerprint density at radius 1 is 1.11 bits per heavy atom.